The zero-order valence-corrected chi connectivity index (χ0v) is 12.3. The highest BCUT2D eigenvalue weighted by molar-refractivity contribution is 6.32. The summed E-state index contributed by atoms with van der Waals surface area (Å²) in [4.78, 5) is 11.9. The van der Waals surface area contributed by atoms with Gasteiger partial charge in [-0.1, -0.05) is 18.5 Å². The van der Waals surface area contributed by atoms with E-state index in [2.05, 4.69) is 5.32 Å². The second kappa shape index (κ2) is 6.81. The van der Waals surface area contributed by atoms with Crippen molar-refractivity contribution in [3.05, 3.63) is 22.7 Å². The molecule has 0 bridgehead atoms. The van der Waals surface area contributed by atoms with Crippen molar-refractivity contribution >= 4 is 17.6 Å². The van der Waals surface area contributed by atoms with Crippen LogP contribution in [0.2, 0.25) is 5.02 Å². The fraction of sp³-hybridized carbons (Fsp3) is 0.500. The number of esters is 1. The normalized spacial score (nSPS) is 14.8. The zero-order valence-electron chi connectivity index (χ0n) is 11.6. The molecule has 2 rings (SSSR count). The molecular weight excluding hydrogens is 282 g/mol. The molecule has 1 unspecified atom stereocenters. The summed E-state index contributed by atoms with van der Waals surface area (Å²) in [6.45, 7) is 3.67. The van der Waals surface area contributed by atoms with Gasteiger partial charge in [0, 0.05) is 0 Å². The Kier molecular flexibility index (Phi) is 5.09. The number of halogens is 1. The Morgan fingerprint density at radius 2 is 2.20 bits per heavy atom. The first-order chi connectivity index (χ1) is 9.67. The van der Waals surface area contributed by atoms with Gasteiger partial charge in [-0.05, 0) is 30.7 Å². The smallest absolute Gasteiger partial charge is 0.327 e. The maximum absolute atomic E-state index is 11.9. The SMILES string of the molecule is CCCNC(C(=O)OC)c1cc(Cl)c2c(c1)OCCO2. The van der Waals surface area contributed by atoms with Gasteiger partial charge in [-0.3, -0.25) is 0 Å². The Bertz CT molecular complexity index is 492. The molecule has 0 radical (unpaired) electrons. The Balaban J connectivity index is 2.32. The molecular formula is C14H18ClNO4. The molecule has 1 aliphatic rings. The lowest BCUT2D eigenvalue weighted by Gasteiger charge is -2.23. The van der Waals surface area contributed by atoms with E-state index in [0.29, 0.717) is 41.8 Å². The molecule has 0 saturated heterocycles. The van der Waals surface area contributed by atoms with Crippen molar-refractivity contribution in [2.75, 3.05) is 26.9 Å². The fourth-order valence-electron chi connectivity index (χ4n) is 2.04. The third-order valence-electron chi connectivity index (χ3n) is 2.99. The molecule has 0 aliphatic carbocycles. The molecule has 5 nitrogen and oxygen atoms in total. The monoisotopic (exact) mass is 299 g/mol. The molecule has 20 heavy (non-hydrogen) atoms. The van der Waals surface area contributed by atoms with Gasteiger partial charge in [-0.15, -0.1) is 0 Å². The second-order valence-corrected chi connectivity index (χ2v) is 4.84. The number of benzene rings is 1. The fourth-order valence-corrected chi connectivity index (χ4v) is 2.31. The van der Waals surface area contributed by atoms with Gasteiger partial charge in [0.15, 0.2) is 11.5 Å². The number of hydrogen-bond acceptors (Lipinski definition) is 5. The van der Waals surface area contributed by atoms with E-state index < -0.39 is 6.04 Å². The van der Waals surface area contributed by atoms with Gasteiger partial charge >= 0.3 is 5.97 Å². The van der Waals surface area contributed by atoms with Gasteiger partial charge in [0.2, 0.25) is 0 Å². The summed E-state index contributed by atoms with van der Waals surface area (Å²) >= 11 is 6.19. The van der Waals surface area contributed by atoms with Crippen molar-refractivity contribution in [2.45, 2.75) is 19.4 Å². The first kappa shape index (κ1) is 14.9. The van der Waals surface area contributed by atoms with E-state index in [1.807, 2.05) is 6.92 Å². The van der Waals surface area contributed by atoms with Gasteiger partial charge in [-0.2, -0.15) is 0 Å². The minimum atomic E-state index is -0.562. The first-order valence-electron chi connectivity index (χ1n) is 6.57. The van der Waals surface area contributed by atoms with Crippen molar-refractivity contribution in [1.29, 1.82) is 0 Å². The molecule has 1 aliphatic heterocycles. The largest absolute Gasteiger partial charge is 0.486 e. The van der Waals surface area contributed by atoms with Gasteiger partial charge in [0.1, 0.15) is 19.3 Å². The van der Waals surface area contributed by atoms with Crippen LogP contribution in [0.5, 0.6) is 11.5 Å². The number of carbonyl (C=O) groups is 1. The predicted molar refractivity (Wildman–Crippen MR) is 75.5 cm³/mol. The number of carbonyl (C=O) groups excluding carboxylic acids is 1. The van der Waals surface area contributed by atoms with E-state index in [1.165, 1.54) is 7.11 Å². The lowest BCUT2D eigenvalue weighted by Crippen LogP contribution is -2.30. The van der Waals surface area contributed by atoms with E-state index >= 15 is 0 Å². The molecule has 0 spiro atoms. The lowest BCUT2D eigenvalue weighted by molar-refractivity contribution is -0.143. The average molecular weight is 300 g/mol. The van der Waals surface area contributed by atoms with Gasteiger partial charge < -0.3 is 19.5 Å². The quantitative estimate of drug-likeness (QED) is 0.846. The summed E-state index contributed by atoms with van der Waals surface area (Å²) in [6, 6.07) is 2.91. The number of hydrogen-bond donors (Lipinski definition) is 1. The molecule has 1 atom stereocenters. The highest BCUT2D eigenvalue weighted by Gasteiger charge is 2.25. The maximum atomic E-state index is 11.9. The van der Waals surface area contributed by atoms with Crippen molar-refractivity contribution in [3.8, 4) is 11.5 Å². The van der Waals surface area contributed by atoms with Crippen LogP contribution in [0.15, 0.2) is 12.1 Å². The molecule has 0 saturated carbocycles. The van der Waals surface area contributed by atoms with E-state index in [1.54, 1.807) is 12.1 Å². The van der Waals surface area contributed by atoms with E-state index in [4.69, 9.17) is 25.8 Å². The summed E-state index contributed by atoms with van der Waals surface area (Å²) in [5.74, 6) is 0.734. The topological polar surface area (TPSA) is 56.8 Å². The standard InChI is InChI=1S/C14H18ClNO4/c1-3-4-16-12(14(17)18-2)9-7-10(15)13-11(8-9)19-5-6-20-13/h7-8,12,16H,3-6H2,1-2H3. The highest BCUT2D eigenvalue weighted by atomic mass is 35.5. The van der Waals surface area contributed by atoms with Crippen LogP contribution in [0.3, 0.4) is 0 Å². The minimum Gasteiger partial charge on any atom is -0.486 e. The number of fused-ring (bicyclic) bond motifs is 1. The van der Waals surface area contributed by atoms with Gasteiger partial charge in [-0.25, -0.2) is 4.79 Å². The predicted octanol–water partition coefficient (Wildman–Crippen LogP) is 2.32. The zero-order chi connectivity index (χ0) is 14.5. The minimum absolute atomic E-state index is 0.355. The lowest BCUT2D eigenvalue weighted by atomic mass is 10.1. The van der Waals surface area contributed by atoms with Gasteiger partial charge in [0.25, 0.3) is 0 Å². The van der Waals surface area contributed by atoms with Crippen molar-refractivity contribution in [2.24, 2.45) is 0 Å². The van der Waals surface area contributed by atoms with Crippen LogP contribution in [0.25, 0.3) is 0 Å². The van der Waals surface area contributed by atoms with Crippen molar-refractivity contribution in [1.82, 2.24) is 5.32 Å². The summed E-state index contributed by atoms with van der Waals surface area (Å²) in [5, 5.41) is 3.58. The van der Waals surface area contributed by atoms with Crippen LogP contribution in [0, 0.1) is 0 Å². The Labute approximate surface area is 123 Å². The Morgan fingerprint density at radius 3 is 2.90 bits per heavy atom. The number of nitrogens with one attached hydrogen (secondary N) is 1. The number of ether oxygens (including phenoxy) is 3. The van der Waals surface area contributed by atoms with Crippen LogP contribution in [0.4, 0.5) is 0 Å². The van der Waals surface area contributed by atoms with Crippen LogP contribution >= 0.6 is 11.6 Å². The average Bonchev–Trinajstić information content (AvgIpc) is 2.47. The summed E-state index contributed by atoms with van der Waals surface area (Å²) in [5.41, 5.74) is 0.708. The molecule has 0 fully saturated rings. The van der Waals surface area contributed by atoms with Crippen LogP contribution in [-0.4, -0.2) is 32.8 Å². The van der Waals surface area contributed by atoms with Gasteiger partial charge in [0.05, 0.1) is 12.1 Å². The third-order valence-corrected chi connectivity index (χ3v) is 3.27. The summed E-state index contributed by atoms with van der Waals surface area (Å²) in [7, 11) is 1.36. The van der Waals surface area contributed by atoms with E-state index in [9.17, 15) is 4.79 Å². The van der Waals surface area contributed by atoms with Crippen LogP contribution in [-0.2, 0) is 9.53 Å². The number of rotatable bonds is 5. The molecule has 0 amide bonds. The third kappa shape index (κ3) is 3.16. The molecule has 110 valence electrons. The van der Waals surface area contributed by atoms with Crippen LogP contribution in [0.1, 0.15) is 24.9 Å². The molecule has 1 heterocycles. The molecule has 1 N–H and O–H groups in total. The first-order valence-corrected chi connectivity index (χ1v) is 6.95. The highest BCUT2D eigenvalue weighted by Crippen LogP contribution is 2.39. The molecule has 6 heteroatoms. The Morgan fingerprint density at radius 1 is 1.45 bits per heavy atom. The molecule has 1 aromatic carbocycles. The molecule has 1 aromatic rings. The van der Waals surface area contributed by atoms with E-state index in [0.717, 1.165) is 6.42 Å². The maximum Gasteiger partial charge on any atom is 0.327 e. The van der Waals surface area contributed by atoms with Crippen molar-refractivity contribution in [3.63, 3.8) is 0 Å². The van der Waals surface area contributed by atoms with E-state index in [-0.39, 0.29) is 5.97 Å². The second-order valence-electron chi connectivity index (χ2n) is 4.44. The summed E-state index contributed by atoms with van der Waals surface area (Å²) < 4.78 is 15.8. The number of methoxy groups -OCH3 is 1. The van der Waals surface area contributed by atoms with Crippen LogP contribution < -0.4 is 14.8 Å². The molecule has 0 aromatic heterocycles. The summed E-state index contributed by atoms with van der Waals surface area (Å²) in [6.07, 6.45) is 0.909. The Hall–Kier alpha value is -1.46. The van der Waals surface area contributed by atoms with Crippen molar-refractivity contribution < 1.29 is 19.0 Å².